The Labute approximate surface area is 190 Å². The van der Waals surface area contributed by atoms with Gasteiger partial charge in [0.05, 0.1) is 17.7 Å². The van der Waals surface area contributed by atoms with Crippen molar-refractivity contribution in [3.05, 3.63) is 101 Å². The van der Waals surface area contributed by atoms with Crippen LogP contribution in [0.4, 0.5) is 5.69 Å². The van der Waals surface area contributed by atoms with Gasteiger partial charge in [0.15, 0.2) is 0 Å². The number of carbonyl (C=O) groups excluding carboxylic acids is 4. The maximum atomic E-state index is 12.9. The molecule has 1 fully saturated rings. The van der Waals surface area contributed by atoms with Crippen molar-refractivity contribution in [3.8, 4) is 0 Å². The molecule has 1 aliphatic heterocycles. The second-order valence-corrected chi connectivity index (χ2v) is 8.23. The molecule has 164 valence electrons. The third kappa shape index (κ3) is 4.25. The highest BCUT2D eigenvalue weighted by atomic mass is 16.2. The third-order valence-corrected chi connectivity index (χ3v) is 5.71. The van der Waals surface area contributed by atoms with Crippen LogP contribution in [0, 0.1) is 0 Å². The third-order valence-electron chi connectivity index (χ3n) is 5.71. The topological polar surface area (TPSA) is 95.6 Å². The van der Waals surface area contributed by atoms with Crippen molar-refractivity contribution in [2.24, 2.45) is 0 Å². The van der Waals surface area contributed by atoms with Crippen molar-refractivity contribution >= 4 is 29.3 Å². The van der Waals surface area contributed by atoms with Crippen molar-refractivity contribution in [1.29, 1.82) is 0 Å². The molecule has 0 saturated heterocycles. The maximum Gasteiger partial charge on any atom is 0.261 e. The number of hydrogen-bond donors (Lipinski definition) is 2. The molecular formula is C26H21N3O4. The van der Waals surface area contributed by atoms with Crippen LogP contribution in [-0.2, 0) is 6.54 Å². The van der Waals surface area contributed by atoms with Crippen LogP contribution in [0.2, 0.25) is 0 Å². The number of imide groups is 1. The second-order valence-electron chi connectivity index (χ2n) is 8.23. The highest BCUT2D eigenvalue weighted by Gasteiger charge is 2.36. The van der Waals surface area contributed by atoms with Gasteiger partial charge in [0.2, 0.25) is 0 Å². The predicted octanol–water partition coefficient (Wildman–Crippen LogP) is 3.63. The number of fused-ring (bicyclic) bond motifs is 1. The summed E-state index contributed by atoms with van der Waals surface area (Å²) < 4.78 is 0. The summed E-state index contributed by atoms with van der Waals surface area (Å²) in [6.07, 6.45) is 1.98. The zero-order valence-corrected chi connectivity index (χ0v) is 17.7. The molecule has 33 heavy (non-hydrogen) atoms. The lowest BCUT2D eigenvalue weighted by atomic mass is 10.1. The zero-order chi connectivity index (χ0) is 22.9. The fourth-order valence-corrected chi connectivity index (χ4v) is 3.78. The highest BCUT2D eigenvalue weighted by molar-refractivity contribution is 6.22. The van der Waals surface area contributed by atoms with Crippen molar-refractivity contribution in [2.75, 3.05) is 5.32 Å². The SMILES string of the molecule is O=C(Nc1cccc(C(=O)NC2CC2)c1)c1ccc2c(c1)C(=O)N(Cc1ccccc1)C2=O. The van der Waals surface area contributed by atoms with Gasteiger partial charge in [-0.05, 0) is 54.8 Å². The van der Waals surface area contributed by atoms with E-state index in [1.165, 1.54) is 23.1 Å². The van der Waals surface area contributed by atoms with E-state index in [9.17, 15) is 19.2 Å². The van der Waals surface area contributed by atoms with Gasteiger partial charge in [-0.1, -0.05) is 36.4 Å². The highest BCUT2D eigenvalue weighted by Crippen LogP contribution is 2.26. The van der Waals surface area contributed by atoms with Crippen LogP contribution in [0.5, 0.6) is 0 Å². The van der Waals surface area contributed by atoms with Gasteiger partial charge >= 0.3 is 0 Å². The van der Waals surface area contributed by atoms with E-state index in [0.29, 0.717) is 11.3 Å². The van der Waals surface area contributed by atoms with E-state index >= 15 is 0 Å². The first kappa shape index (κ1) is 20.6. The molecule has 0 aromatic heterocycles. The van der Waals surface area contributed by atoms with Crippen LogP contribution < -0.4 is 10.6 Å². The second kappa shape index (κ2) is 8.35. The molecule has 3 aromatic carbocycles. The van der Waals surface area contributed by atoms with Crippen LogP contribution >= 0.6 is 0 Å². The summed E-state index contributed by atoms with van der Waals surface area (Å²) in [5, 5.41) is 5.68. The molecule has 0 radical (unpaired) electrons. The van der Waals surface area contributed by atoms with Crippen LogP contribution in [0.3, 0.4) is 0 Å². The lowest BCUT2D eigenvalue weighted by molar-refractivity contribution is 0.0641. The molecule has 2 aliphatic rings. The minimum Gasteiger partial charge on any atom is -0.349 e. The normalized spacial score (nSPS) is 14.7. The van der Waals surface area contributed by atoms with E-state index in [4.69, 9.17) is 0 Å². The van der Waals surface area contributed by atoms with E-state index in [1.54, 1.807) is 24.3 Å². The summed E-state index contributed by atoms with van der Waals surface area (Å²) >= 11 is 0. The quantitative estimate of drug-likeness (QED) is 0.574. The molecule has 0 bridgehead atoms. The minimum absolute atomic E-state index is 0.171. The van der Waals surface area contributed by atoms with Gasteiger partial charge in [-0.2, -0.15) is 0 Å². The summed E-state index contributed by atoms with van der Waals surface area (Å²) in [6.45, 7) is 0.171. The Morgan fingerprint density at radius 3 is 2.27 bits per heavy atom. The Bertz CT molecular complexity index is 1280. The van der Waals surface area contributed by atoms with Crippen LogP contribution in [0.1, 0.15) is 59.8 Å². The Hall–Kier alpha value is -4.26. The van der Waals surface area contributed by atoms with Crippen molar-refractivity contribution in [1.82, 2.24) is 10.2 Å². The van der Waals surface area contributed by atoms with Crippen LogP contribution in [0.15, 0.2) is 72.8 Å². The number of anilines is 1. The standard InChI is InChI=1S/C26H21N3O4/c30-23(27-19-10-11-19)17-7-4-8-20(13-17)28-24(31)18-9-12-21-22(14-18)26(33)29(25(21)32)15-16-5-2-1-3-6-16/h1-9,12-14,19H,10-11,15H2,(H,27,30)(H,28,31). The fraction of sp³-hybridized carbons (Fsp3) is 0.154. The van der Waals surface area contributed by atoms with Gasteiger partial charge in [-0.15, -0.1) is 0 Å². The number of amides is 4. The summed E-state index contributed by atoms with van der Waals surface area (Å²) in [6, 6.07) is 20.7. The number of nitrogens with one attached hydrogen (secondary N) is 2. The molecule has 1 saturated carbocycles. The number of rotatable bonds is 6. The smallest absolute Gasteiger partial charge is 0.261 e. The molecule has 0 atom stereocenters. The van der Waals surface area contributed by atoms with Crippen molar-refractivity contribution < 1.29 is 19.2 Å². The molecule has 2 N–H and O–H groups in total. The van der Waals surface area contributed by atoms with Gasteiger partial charge in [-0.3, -0.25) is 24.1 Å². The number of benzene rings is 3. The van der Waals surface area contributed by atoms with E-state index in [1.807, 2.05) is 30.3 Å². The predicted molar refractivity (Wildman–Crippen MR) is 122 cm³/mol. The number of hydrogen-bond acceptors (Lipinski definition) is 4. The van der Waals surface area contributed by atoms with E-state index in [2.05, 4.69) is 10.6 Å². The van der Waals surface area contributed by atoms with E-state index < -0.39 is 11.8 Å². The van der Waals surface area contributed by atoms with Gasteiger partial charge in [-0.25, -0.2) is 0 Å². The lowest BCUT2D eigenvalue weighted by Crippen LogP contribution is -2.29. The van der Waals surface area contributed by atoms with E-state index in [0.717, 1.165) is 18.4 Å². The van der Waals surface area contributed by atoms with Crippen LogP contribution in [-0.4, -0.2) is 34.6 Å². The summed E-state index contributed by atoms with van der Waals surface area (Å²) in [5.74, 6) is -1.40. The maximum absolute atomic E-state index is 12.9. The molecule has 7 heteroatoms. The largest absolute Gasteiger partial charge is 0.349 e. The molecule has 4 amide bonds. The van der Waals surface area contributed by atoms with Gasteiger partial charge in [0.1, 0.15) is 0 Å². The molecule has 3 aromatic rings. The van der Waals surface area contributed by atoms with Crippen LogP contribution in [0.25, 0.3) is 0 Å². The fourth-order valence-electron chi connectivity index (χ4n) is 3.78. The molecule has 1 heterocycles. The first-order chi connectivity index (χ1) is 16.0. The first-order valence-electron chi connectivity index (χ1n) is 10.8. The minimum atomic E-state index is -0.431. The van der Waals surface area contributed by atoms with Crippen molar-refractivity contribution in [3.63, 3.8) is 0 Å². The van der Waals surface area contributed by atoms with Gasteiger partial charge in [0.25, 0.3) is 23.6 Å². The summed E-state index contributed by atoms with van der Waals surface area (Å²) in [4.78, 5) is 51.9. The van der Waals surface area contributed by atoms with E-state index in [-0.39, 0.29) is 41.1 Å². The Morgan fingerprint density at radius 2 is 1.52 bits per heavy atom. The Kier molecular flexibility index (Phi) is 5.22. The van der Waals surface area contributed by atoms with Gasteiger partial charge in [0, 0.05) is 22.9 Å². The first-order valence-corrected chi connectivity index (χ1v) is 10.8. The molecule has 0 unspecified atom stereocenters. The monoisotopic (exact) mass is 439 g/mol. The molecule has 1 aliphatic carbocycles. The average molecular weight is 439 g/mol. The van der Waals surface area contributed by atoms with Gasteiger partial charge < -0.3 is 10.6 Å². The summed E-state index contributed by atoms with van der Waals surface area (Å²) in [5.41, 5.74) is 2.52. The molecule has 7 nitrogen and oxygen atoms in total. The Balaban J connectivity index is 1.32. The molecule has 0 spiro atoms. The lowest BCUT2D eigenvalue weighted by Gasteiger charge is -2.13. The number of carbonyl (C=O) groups is 4. The average Bonchev–Trinajstić information content (AvgIpc) is 3.62. The number of nitrogens with zero attached hydrogens (tertiary/aromatic N) is 1. The van der Waals surface area contributed by atoms with Crippen molar-refractivity contribution in [2.45, 2.75) is 25.4 Å². The molecular weight excluding hydrogens is 418 g/mol. The zero-order valence-electron chi connectivity index (χ0n) is 17.7. The Morgan fingerprint density at radius 1 is 0.788 bits per heavy atom. The summed E-state index contributed by atoms with van der Waals surface area (Å²) in [7, 11) is 0. The molecule has 5 rings (SSSR count).